The lowest BCUT2D eigenvalue weighted by atomic mass is 10.2. The van der Waals surface area contributed by atoms with E-state index in [1.54, 1.807) is 20.0 Å². The van der Waals surface area contributed by atoms with Crippen molar-refractivity contribution in [2.75, 3.05) is 27.7 Å². The number of carbonyl (C=O) groups excluding carboxylic acids is 1. The zero-order chi connectivity index (χ0) is 15.8. The Balaban J connectivity index is 2.58. The fraction of sp³-hybridized carbons (Fsp3) is 0.467. The van der Waals surface area contributed by atoms with E-state index in [2.05, 4.69) is 15.0 Å². The van der Waals surface area contributed by atoms with Crippen molar-refractivity contribution in [3.05, 3.63) is 35.6 Å². The Morgan fingerprint density at radius 1 is 1.52 bits per heavy atom. The monoisotopic (exact) mass is 295 g/mol. The molecule has 116 valence electrons. The van der Waals surface area contributed by atoms with E-state index in [9.17, 15) is 9.18 Å². The second-order valence-corrected chi connectivity index (χ2v) is 4.84. The molecule has 1 aromatic carbocycles. The van der Waals surface area contributed by atoms with E-state index in [4.69, 9.17) is 0 Å². The van der Waals surface area contributed by atoms with Gasteiger partial charge in [0.1, 0.15) is 5.82 Å². The minimum atomic E-state index is -0.272. The molecule has 0 fully saturated rings. The molecule has 0 amide bonds. The summed E-state index contributed by atoms with van der Waals surface area (Å²) in [4.78, 5) is 17.4. The van der Waals surface area contributed by atoms with Crippen molar-refractivity contribution in [2.24, 2.45) is 10.9 Å². The number of ether oxygens (including phenoxy) is 1. The number of halogens is 1. The number of carbonyl (C=O) groups is 1. The molecule has 0 aliphatic rings. The lowest BCUT2D eigenvalue weighted by Crippen LogP contribution is -2.41. The Morgan fingerprint density at radius 2 is 2.24 bits per heavy atom. The highest BCUT2D eigenvalue weighted by molar-refractivity contribution is 5.80. The molecule has 1 aromatic rings. The lowest BCUT2D eigenvalue weighted by molar-refractivity contribution is -0.144. The van der Waals surface area contributed by atoms with E-state index in [0.717, 1.165) is 5.56 Å². The molecule has 0 spiro atoms. The smallest absolute Gasteiger partial charge is 0.310 e. The zero-order valence-electron chi connectivity index (χ0n) is 12.9. The number of guanidine groups is 1. The maximum Gasteiger partial charge on any atom is 0.310 e. The molecular weight excluding hydrogens is 273 g/mol. The SMILES string of the molecule is CN=C(NCC(C)C(=O)OC)N(C)Cc1cccc(F)c1. The van der Waals surface area contributed by atoms with Gasteiger partial charge in [-0.05, 0) is 17.7 Å². The third-order valence-electron chi connectivity index (χ3n) is 3.05. The van der Waals surface area contributed by atoms with Crippen molar-refractivity contribution in [1.29, 1.82) is 0 Å². The number of hydrogen-bond donors (Lipinski definition) is 1. The van der Waals surface area contributed by atoms with Crippen LogP contribution >= 0.6 is 0 Å². The summed E-state index contributed by atoms with van der Waals surface area (Å²) in [6.07, 6.45) is 0. The van der Waals surface area contributed by atoms with Crippen molar-refractivity contribution in [1.82, 2.24) is 10.2 Å². The third-order valence-corrected chi connectivity index (χ3v) is 3.05. The molecule has 1 rings (SSSR count). The van der Waals surface area contributed by atoms with E-state index in [-0.39, 0.29) is 17.7 Å². The molecule has 5 nitrogen and oxygen atoms in total. The average molecular weight is 295 g/mol. The fourth-order valence-corrected chi connectivity index (χ4v) is 1.90. The van der Waals surface area contributed by atoms with Crippen LogP contribution in [0.1, 0.15) is 12.5 Å². The molecule has 0 aliphatic heterocycles. The molecule has 1 N–H and O–H groups in total. The normalized spacial score (nSPS) is 12.7. The molecule has 1 atom stereocenters. The van der Waals surface area contributed by atoms with Crippen LogP contribution < -0.4 is 5.32 Å². The summed E-state index contributed by atoms with van der Waals surface area (Å²) in [5, 5.41) is 3.10. The van der Waals surface area contributed by atoms with Crippen LogP contribution in [0.4, 0.5) is 4.39 Å². The van der Waals surface area contributed by atoms with Gasteiger partial charge in [0.15, 0.2) is 5.96 Å². The zero-order valence-corrected chi connectivity index (χ0v) is 12.9. The maximum atomic E-state index is 13.2. The summed E-state index contributed by atoms with van der Waals surface area (Å²) >= 11 is 0. The topological polar surface area (TPSA) is 53.9 Å². The summed E-state index contributed by atoms with van der Waals surface area (Å²) in [7, 11) is 4.87. The van der Waals surface area contributed by atoms with E-state index in [1.807, 2.05) is 18.0 Å². The molecule has 0 bridgehead atoms. The Bertz CT molecular complexity index is 505. The van der Waals surface area contributed by atoms with Gasteiger partial charge < -0.3 is 15.0 Å². The number of nitrogens with zero attached hydrogens (tertiary/aromatic N) is 2. The fourth-order valence-electron chi connectivity index (χ4n) is 1.90. The first-order chi connectivity index (χ1) is 9.97. The molecule has 0 saturated carbocycles. The van der Waals surface area contributed by atoms with E-state index >= 15 is 0 Å². The van der Waals surface area contributed by atoms with Gasteiger partial charge in [0.2, 0.25) is 0 Å². The second kappa shape index (κ2) is 8.24. The van der Waals surface area contributed by atoms with Gasteiger partial charge in [0.05, 0.1) is 13.0 Å². The van der Waals surface area contributed by atoms with E-state index in [1.165, 1.54) is 19.2 Å². The van der Waals surface area contributed by atoms with Crippen LogP contribution in [0.2, 0.25) is 0 Å². The van der Waals surface area contributed by atoms with Gasteiger partial charge in [-0.25, -0.2) is 4.39 Å². The highest BCUT2D eigenvalue weighted by Gasteiger charge is 2.14. The van der Waals surface area contributed by atoms with Gasteiger partial charge in [-0.3, -0.25) is 9.79 Å². The highest BCUT2D eigenvalue weighted by atomic mass is 19.1. The van der Waals surface area contributed by atoms with E-state index < -0.39 is 0 Å². The van der Waals surface area contributed by atoms with Crippen molar-refractivity contribution >= 4 is 11.9 Å². The van der Waals surface area contributed by atoms with Crippen molar-refractivity contribution < 1.29 is 13.9 Å². The van der Waals surface area contributed by atoms with Gasteiger partial charge in [0, 0.05) is 27.2 Å². The molecule has 0 saturated heterocycles. The molecule has 6 heteroatoms. The summed E-state index contributed by atoms with van der Waals surface area (Å²) in [6, 6.07) is 6.42. The van der Waals surface area contributed by atoms with Gasteiger partial charge in [-0.1, -0.05) is 19.1 Å². The highest BCUT2D eigenvalue weighted by Crippen LogP contribution is 2.06. The Morgan fingerprint density at radius 3 is 2.81 bits per heavy atom. The standard InChI is InChI=1S/C15H22FN3O2/c1-11(14(20)21-4)9-18-15(17-2)19(3)10-12-6-5-7-13(16)8-12/h5-8,11H,9-10H2,1-4H3,(H,17,18). The number of esters is 1. The summed E-state index contributed by atoms with van der Waals surface area (Å²) in [6.45, 7) is 2.72. The first-order valence-electron chi connectivity index (χ1n) is 6.72. The Hall–Kier alpha value is -2.11. The quantitative estimate of drug-likeness (QED) is 0.510. The molecule has 0 heterocycles. The third kappa shape index (κ3) is 5.41. The lowest BCUT2D eigenvalue weighted by Gasteiger charge is -2.23. The van der Waals surface area contributed by atoms with Crippen LogP contribution in [0.15, 0.2) is 29.3 Å². The van der Waals surface area contributed by atoms with Crippen LogP contribution in [-0.2, 0) is 16.1 Å². The summed E-state index contributed by atoms with van der Waals surface area (Å²) < 4.78 is 17.8. The molecule has 0 aliphatic carbocycles. The van der Waals surface area contributed by atoms with Crippen molar-refractivity contribution in [3.63, 3.8) is 0 Å². The van der Waals surface area contributed by atoms with Crippen molar-refractivity contribution in [3.8, 4) is 0 Å². The first-order valence-corrected chi connectivity index (χ1v) is 6.72. The van der Waals surface area contributed by atoms with Crippen LogP contribution in [0.25, 0.3) is 0 Å². The van der Waals surface area contributed by atoms with Crippen molar-refractivity contribution in [2.45, 2.75) is 13.5 Å². The first kappa shape index (κ1) is 16.9. The summed E-state index contributed by atoms with van der Waals surface area (Å²) in [5.74, 6) is -0.168. The van der Waals surface area contributed by atoms with Gasteiger partial charge in [0.25, 0.3) is 0 Å². The number of hydrogen-bond acceptors (Lipinski definition) is 3. The largest absolute Gasteiger partial charge is 0.469 e. The van der Waals surface area contributed by atoms with Crippen LogP contribution in [-0.4, -0.2) is 44.6 Å². The number of aliphatic imine (C=N–C) groups is 1. The van der Waals surface area contributed by atoms with Gasteiger partial charge in [-0.2, -0.15) is 0 Å². The molecule has 0 aromatic heterocycles. The Kier molecular flexibility index (Phi) is 6.65. The predicted molar refractivity (Wildman–Crippen MR) is 80.4 cm³/mol. The number of nitrogens with one attached hydrogen (secondary N) is 1. The number of rotatable bonds is 5. The van der Waals surface area contributed by atoms with Crippen LogP contribution in [0, 0.1) is 11.7 Å². The maximum absolute atomic E-state index is 13.2. The predicted octanol–water partition coefficient (Wildman–Crippen LogP) is 1.64. The van der Waals surface area contributed by atoms with E-state index in [0.29, 0.717) is 19.0 Å². The van der Waals surface area contributed by atoms with Gasteiger partial charge >= 0.3 is 5.97 Å². The Labute approximate surface area is 124 Å². The number of benzene rings is 1. The average Bonchev–Trinajstić information content (AvgIpc) is 2.46. The molecule has 1 unspecified atom stereocenters. The summed E-state index contributed by atoms with van der Waals surface area (Å²) in [5.41, 5.74) is 0.849. The minimum Gasteiger partial charge on any atom is -0.469 e. The van der Waals surface area contributed by atoms with Gasteiger partial charge in [-0.15, -0.1) is 0 Å². The minimum absolute atomic E-state index is 0.261. The molecular formula is C15H22FN3O2. The molecule has 0 radical (unpaired) electrons. The number of methoxy groups -OCH3 is 1. The van der Waals surface area contributed by atoms with Crippen LogP contribution in [0.5, 0.6) is 0 Å². The molecule has 21 heavy (non-hydrogen) atoms. The second-order valence-electron chi connectivity index (χ2n) is 4.84. The van der Waals surface area contributed by atoms with Crippen LogP contribution in [0.3, 0.4) is 0 Å².